The normalized spacial score (nSPS) is 25.2. The van der Waals surface area contributed by atoms with Crippen molar-refractivity contribution in [3.05, 3.63) is 0 Å². The van der Waals surface area contributed by atoms with Crippen molar-refractivity contribution in [2.24, 2.45) is 5.84 Å². The summed E-state index contributed by atoms with van der Waals surface area (Å²) in [5.41, 5.74) is 0. The van der Waals surface area contributed by atoms with Gasteiger partial charge in [-0.3, -0.25) is 0 Å². The molecule has 0 bridgehead atoms. The van der Waals surface area contributed by atoms with Crippen LogP contribution in [0.5, 0.6) is 0 Å². The van der Waals surface area contributed by atoms with Gasteiger partial charge in [0, 0.05) is 5.75 Å². The number of hydrogen-bond donors (Lipinski definition) is 1. The van der Waals surface area contributed by atoms with Crippen LogP contribution < -0.4 is 5.84 Å². The molecule has 0 aromatic carbocycles. The molecule has 1 saturated heterocycles. The first-order valence-electron chi connectivity index (χ1n) is 2.95. The fourth-order valence-corrected chi connectivity index (χ4v) is 1.43. The molecule has 0 aromatic rings. The summed E-state index contributed by atoms with van der Waals surface area (Å²) in [6.45, 7) is 0.427. The first kappa shape index (κ1) is 7.68. The predicted octanol–water partition coefficient (Wildman–Crippen LogP) is 0.0439. The van der Waals surface area contributed by atoms with Crippen molar-refractivity contribution in [1.29, 1.82) is 0 Å². The maximum absolute atomic E-state index is 10.6. The van der Waals surface area contributed by atoms with Gasteiger partial charge in [0.25, 0.3) is 0 Å². The van der Waals surface area contributed by atoms with Crippen molar-refractivity contribution in [3.8, 4) is 0 Å². The van der Waals surface area contributed by atoms with Crippen LogP contribution in [0, 0.1) is 0 Å². The molecule has 1 atom stereocenters. The first-order chi connectivity index (χ1) is 4.75. The van der Waals surface area contributed by atoms with Gasteiger partial charge in [0.15, 0.2) is 0 Å². The molecular weight excluding hydrogens is 152 g/mol. The minimum absolute atomic E-state index is 0.0579. The van der Waals surface area contributed by atoms with E-state index in [0.29, 0.717) is 6.61 Å². The Morgan fingerprint density at radius 3 is 3.10 bits per heavy atom. The minimum Gasteiger partial charge on any atom is -0.446 e. The number of rotatable bonds is 2. The van der Waals surface area contributed by atoms with Gasteiger partial charge in [0.1, 0.15) is 6.61 Å². The van der Waals surface area contributed by atoms with E-state index in [1.54, 1.807) is 11.8 Å². The van der Waals surface area contributed by atoms with E-state index in [9.17, 15) is 4.79 Å². The van der Waals surface area contributed by atoms with Crippen LogP contribution in [0.4, 0.5) is 4.79 Å². The number of nitrogens with zero attached hydrogens (tertiary/aromatic N) is 1. The third kappa shape index (κ3) is 1.35. The number of carbonyl (C=O) groups is 1. The zero-order valence-corrected chi connectivity index (χ0v) is 6.56. The Labute approximate surface area is 63.7 Å². The predicted molar refractivity (Wildman–Crippen MR) is 39.5 cm³/mol. The fourth-order valence-electron chi connectivity index (χ4n) is 0.792. The number of carbonyl (C=O) groups excluding carboxylic acids is 1. The molecule has 58 valence electrons. The standard InChI is InChI=1S/C5H10N2O2S/c1-10-3-4-2-9-5(8)7(4)6/h4H,2-3,6H2,1H3. The van der Waals surface area contributed by atoms with Gasteiger partial charge in [-0.05, 0) is 6.26 Å². The van der Waals surface area contributed by atoms with E-state index < -0.39 is 6.09 Å². The fraction of sp³-hybridized carbons (Fsp3) is 0.800. The number of amides is 1. The van der Waals surface area contributed by atoms with Gasteiger partial charge in [0.2, 0.25) is 0 Å². The zero-order chi connectivity index (χ0) is 7.56. The average molecular weight is 162 g/mol. The molecule has 1 heterocycles. The van der Waals surface area contributed by atoms with Gasteiger partial charge in [-0.1, -0.05) is 0 Å². The molecule has 0 saturated carbocycles. The van der Waals surface area contributed by atoms with Crippen molar-refractivity contribution in [2.45, 2.75) is 6.04 Å². The quantitative estimate of drug-likeness (QED) is 0.460. The van der Waals surface area contributed by atoms with Crippen molar-refractivity contribution in [3.63, 3.8) is 0 Å². The van der Waals surface area contributed by atoms with Crippen LogP contribution in [-0.4, -0.2) is 35.8 Å². The summed E-state index contributed by atoms with van der Waals surface area (Å²) in [5, 5.41) is 1.15. The van der Waals surface area contributed by atoms with Crippen LogP contribution >= 0.6 is 11.8 Å². The Hall–Kier alpha value is -0.420. The minimum atomic E-state index is -0.418. The van der Waals surface area contributed by atoms with Gasteiger partial charge in [-0.2, -0.15) is 11.8 Å². The second-order valence-corrected chi connectivity index (χ2v) is 3.00. The maximum atomic E-state index is 10.6. The summed E-state index contributed by atoms with van der Waals surface area (Å²) in [4.78, 5) is 10.6. The van der Waals surface area contributed by atoms with Crippen LogP contribution in [-0.2, 0) is 4.74 Å². The lowest BCUT2D eigenvalue weighted by Crippen LogP contribution is -2.40. The Morgan fingerprint density at radius 2 is 2.70 bits per heavy atom. The molecule has 1 aliphatic heterocycles. The van der Waals surface area contributed by atoms with E-state index in [-0.39, 0.29) is 6.04 Å². The number of hydrazine groups is 1. The third-order valence-electron chi connectivity index (χ3n) is 1.36. The molecule has 1 unspecified atom stereocenters. The molecule has 1 rings (SSSR count). The van der Waals surface area contributed by atoms with Crippen molar-refractivity contribution in [2.75, 3.05) is 18.6 Å². The highest BCUT2D eigenvalue weighted by Crippen LogP contribution is 2.10. The van der Waals surface area contributed by atoms with Crippen LogP contribution in [0.15, 0.2) is 0 Å². The Morgan fingerprint density at radius 1 is 2.00 bits per heavy atom. The molecule has 0 spiro atoms. The third-order valence-corrected chi connectivity index (χ3v) is 2.08. The summed E-state index contributed by atoms with van der Waals surface area (Å²) in [6, 6.07) is 0.0579. The second kappa shape index (κ2) is 3.12. The number of hydrogen-bond acceptors (Lipinski definition) is 4. The molecule has 5 heteroatoms. The topological polar surface area (TPSA) is 55.6 Å². The largest absolute Gasteiger partial charge is 0.446 e. The highest BCUT2D eigenvalue weighted by atomic mass is 32.2. The highest BCUT2D eigenvalue weighted by molar-refractivity contribution is 7.98. The number of nitrogens with two attached hydrogens (primary N) is 1. The van der Waals surface area contributed by atoms with E-state index in [1.165, 1.54) is 0 Å². The smallest absolute Gasteiger partial charge is 0.424 e. The van der Waals surface area contributed by atoms with Gasteiger partial charge in [-0.15, -0.1) is 0 Å². The van der Waals surface area contributed by atoms with E-state index in [0.717, 1.165) is 10.8 Å². The number of ether oxygens (including phenoxy) is 1. The number of thioether (sulfide) groups is 1. The van der Waals surface area contributed by atoms with Crippen LogP contribution in [0.25, 0.3) is 0 Å². The molecule has 1 fully saturated rings. The maximum Gasteiger partial charge on any atom is 0.424 e. The van der Waals surface area contributed by atoms with Crippen LogP contribution in [0.1, 0.15) is 0 Å². The Kier molecular flexibility index (Phi) is 2.39. The Bertz CT molecular complexity index is 142. The number of cyclic esters (lactones) is 1. The molecule has 10 heavy (non-hydrogen) atoms. The molecule has 0 aromatic heterocycles. The van der Waals surface area contributed by atoms with Crippen LogP contribution in [0.2, 0.25) is 0 Å². The van der Waals surface area contributed by atoms with E-state index in [4.69, 9.17) is 5.84 Å². The van der Waals surface area contributed by atoms with Gasteiger partial charge < -0.3 is 4.74 Å². The lowest BCUT2D eigenvalue weighted by molar-refractivity contribution is 0.158. The summed E-state index contributed by atoms with van der Waals surface area (Å²) in [5.74, 6) is 6.19. The molecule has 4 nitrogen and oxygen atoms in total. The second-order valence-electron chi connectivity index (χ2n) is 2.09. The van der Waals surface area contributed by atoms with E-state index in [2.05, 4.69) is 4.74 Å². The average Bonchev–Trinajstić information content (AvgIpc) is 2.20. The van der Waals surface area contributed by atoms with Crippen LogP contribution in [0.3, 0.4) is 0 Å². The van der Waals surface area contributed by atoms with Gasteiger partial charge >= 0.3 is 6.09 Å². The summed E-state index contributed by atoms with van der Waals surface area (Å²) in [7, 11) is 0. The zero-order valence-electron chi connectivity index (χ0n) is 5.74. The summed E-state index contributed by atoms with van der Waals surface area (Å²) in [6.07, 6.45) is 1.55. The summed E-state index contributed by atoms with van der Waals surface area (Å²) < 4.78 is 4.68. The van der Waals surface area contributed by atoms with E-state index in [1.807, 2.05) is 6.26 Å². The summed E-state index contributed by atoms with van der Waals surface area (Å²) >= 11 is 1.65. The Balaban J connectivity index is 2.41. The molecule has 0 aliphatic carbocycles. The molecule has 0 radical (unpaired) electrons. The molecule has 2 N–H and O–H groups in total. The lowest BCUT2D eigenvalue weighted by atomic mass is 10.4. The SMILES string of the molecule is CSCC1COC(=O)N1N. The van der Waals surface area contributed by atoms with Crippen molar-refractivity contribution >= 4 is 17.9 Å². The lowest BCUT2D eigenvalue weighted by Gasteiger charge is -2.12. The molecular formula is C5H10N2O2S. The van der Waals surface area contributed by atoms with Gasteiger partial charge in [-0.25, -0.2) is 15.6 Å². The molecule has 1 aliphatic rings. The highest BCUT2D eigenvalue weighted by Gasteiger charge is 2.29. The van der Waals surface area contributed by atoms with E-state index >= 15 is 0 Å². The van der Waals surface area contributed by atoms with Gasteiger partial charge in [0.05, 0.1) is 6.04 Å². The van der Waals surface area contributed by atoms with Crippen molar-refractivity contribution in [1.82, 2.24) is 5.01 Å². The monoisotopic (exact) mass is 162 g/mol. The first-order valence-corrected chi connectivity index (χ1v) is 4.34. The molecule has 1 amide bonds. The van der Waals surface area contributed by atoms with Crippen molar-refractivity contribution < 1.29 is 9.53 Å².